The fourth-order valence-corrected chi connectivity index (χ4v) is 3.42. The molecule has 2 N–H and O–H groups in total. The topological polar surface area (TPSA) is 71.1 Å². The average Bonchev–Trinajstić information content (AvgIpc) is 2.72. The normalized spacial score (nSPS) is 19.3. The minimum atomic E-state index is -0.313. The summed E-state index contributed by atoms with van der Waals surface area (Å²) in [5, 5.41) is 5.77. The van der Waals surface area contributed by atoms with Crippen molar-refractivity contribution < 1.29 is 14.0 Å². The Morgan fingerprint density at radius 1 is 0.889 bits per heavy atom. The van der Waals surface area contributed by atoms with Crippen molar-refractivity contribution in [1.29, 1.82) is 0 Å². The van der Waals surface area contributed by atoms with Crippen molar-refractivity contribution in [3.63, 3.8) is 0 Å². The molecule has 6 heteroatoms. The first-order chi connectivity index (χ1) is 13.1. The molecule has 0 bridgehead atoms. The quantitative estimate of drug-likeness (QED) is 0.822. The predicted molar refractivity (Wildman–Crippen MR) is 99.8 cm³/mol. The van der Waals surface area contributed by atoms with Gasteiger partial charge in [-0.1, -0.05) is 18.2 Å². The number of aromatic nitrogens is 1. The van der Waals surface area contributed by atoms with Crippen molar-refractivity contribution in [2.45, 2.75) is 38.8 Å². The molecule has 1 aliphatic carbocycles. The molecule has 0 aliphatic heterocycles. The molecule has 0 atom stereocenters. The van der Waals surface area contributed by atoms with Crippen molar-refractivity contribution >= 4 is 11.8 Å². The summed E-state index contributed by atoms with van der Waals surface area (Å²) in [6.07, 6.45) is 6.14. The Kier molecular flexibility index (Phi) is 6.52. The molecular formula is C21H24FN3O2. The van der Waals surface area contributed by atoms with Crippen LogP contribution < -0.4 is 10.6 Å². The first kappa shape index (κ1) is 19.0. The van der Waals surface area contributed by atoms with Crippen LogP contribution in [0.25, 0.3) is 0 Å². The van der Waals surface area contributed by atoms with E-state index in [2.05, 4.69) is 15.6 Å². The van der Waals surface area contributed by atoms with E-state index in [0.29, 0.717) is 37.8 Å². The molecule has 1 aromatic carbocycles. The Balaban J connectivity index is 1.40. The van der Waals surface area contributed by atoms with Crippen molar-refractivity contribution in [2.24, 2.45) is 11.8 Å². The minimum Gasteiger partial charge on any atom is -0.352 e. The van der Waals surface area contributed by atoms with E-state index in [4.69, 9.17) is 0 Å². The SMILES string of the molecule is O=C(NCc1ccncc1)C1CCC(C(=O)NCc2ccccc2F)CC1. The maximum atomic E-state index is 13.6. The van der Waals surface area contributed by atoms with E-state index in [-0.39, 0.29) is 36.0 Å². The minimum absolute atomic E-state index is 0.0389. The largest absolute Gasteiger partial charge is 0.352 e. The zero-order valence-corrected chi connectivity index (χ0v) is 15.2. The van der Waals surface area contributed by atoms with Gasteiger partial charge in [-0.2, -0.15) is 0 Å². The van der Waals surface area contributed by atoms with Crippen LogP contribution in [-0.2, 0) is 22.7 Å². The summed E-state index contributed by atoms with van der Waals surface area (Å²) in [7, 11) is 0. The number of benzene rings is 1. The highest BCUT2D eigenvalue weighted by Crippen LogP contribution is 2.29. The second-order valence-electron chi connectivity index (χ2n) is 6.93. The summed E-state index contributed by atoms with van der Waals surface area (Å²) < 4.78 is 13.6. The molecule has 1 saturated carbocycles. The van der Waals surface area contributed by atoms with Crippen LogP contribution in [0.1, 0.15) is 36.8 Å². The zero-order valence-electron chi connectivity index (χ0n) is 15.2. The Bertz CT molecular complexity index is 774. The van der Waals surface area contributed by atoms with E-state index in [0.717, 1.165) is 5.56 Å². The average molecular weight is 369 g/mol. The van der Waals surface area contributed by atoms with Crippen LogP contribution in [0.4, 0.5) is 4.39 Å². The van der Waals surface area contributed by atoms with Crippen LogP contribution in [0.3, 0.4) is 0 Å². The van der Waals surface area contributed by atoms with Gasteiger partial charge in [-0.25, -0.2) is 4.39 Å². The highest BCUT2D eigenvalue weighted by molar-refractivity contribution is 5.81. The van der Waals surface area contributed by atoms with Gasteiger partial charge in [0.1, 0.15) is 5.82 Å². The summed E-state index contributed by atoms with van der Waals surface area (Å²) >= 11 is 0. The molecule has 5 nitrogen and oxygen atoms in total. The van der Waals surface area contributed by atoms with Gasteiger partial charge in [-0.15, -0.1) is 0 Å². The van der Waals surface area contributed by atoms with Crippen LogP contribution in [0.5, 0.6) is 0 Å². The Morgan fingerprint density at radius 2 is 1.44 bits per heavy atom. The molecule has 1 fully saturated rings. The number of hydrogen-bond donors (Lipinski definition) is 2. The number of rotatable bonds is 6. The number of amides is 2. The molecule has 1 aromatic heterocycles. The fourth-order valence-electron chi connectivity index (χ4n) is 3.42. The first-order valence-corrected chi connectivity index (χ1v) is 9.31. The third kappa shape index (κ3) is 5.36. The lowest BCUT2D eigenvalue weighted by Gasteiger charge is -2.27. The van der Waals surface area contributed by atoms with Crippen molar-refractivity contribution in [2.75, 3.05) is 0 Å². The molecule has 0 unspecified atom stereocenters. The highest BCUT2D eigenvalue weighted by atomic mass is 19.1. The summed E-state index contributed by atoms with van der Waals surface area (Å²) in [5.74, 6) is -0.498. The van der Waals surface area contributed by atoms with Crippen LogP contribution in [0, 0.1) is 17.7 Å². The molecule has 27 heavy (non-hydrogen) atoms. The highest BCUT2D eigenvalue weighted by Gasteiger charge is 2.29. The van der Waals surface area contributed by atoms with Crippen LogP contribution in [0.15, 0.2) is 48.8 Å². The number of carbonyl (C=O) groups is 2. The molecule has 0 radical (unpaired) electrons. The fraction of sp³-hybridized carbons (Fsp3) is 0.381. The standard InChI is InChI=1S/C21H24FN3O2/c22-19-4-2-1-3-18(19)14-25-21(27)17-7-5-16(6-8-17)20(26)24-13-15-9-11-23-12-10-15/h1-4,9-12,16-17H,5-8,13-14H2,(H,24,26)(H,25,27). The number of nitrogens with one attached hydrogen (secondary N) is 2. The third-order valence-electron chi connectivity index (χ3n) is 5.10. The molecule has 1 heterocycles. The van der Waals surface area contributed by atoms with Crippen LogP contribution >= 0.6 is 0 Å². The van der Waals surface area contributed by atoms with Crippen molar-refractivity contribution in [3.05, 3.63) is 65.7 Å². The Morgan fingerprint density at radius 3 is 2.04 bits per heavy atom. The molecule has 0 saturated heterocycles. The number of nitrogens with zero attached hydrogens (tertiary/aromatic N) is 1. The first-order valence-electron chi connectivity index (χ1n) is 9.31. The second-order valence-corrected chi connectivity index (χ2v) is 6.93. The summed E-state index contributed by atoms with van der Waals surface area (Å²) in [4.78, 5) is 28.6. The van der Waals surface area contributed by atoms with E-state index in [1.165, 1.54) is 6.07 Å². The van der Waals surface area contributed by atoms with Gasteiger partial charge in [0, 0.05) is 42.9 Å². The van der Waals surface area contributed by atoms with Crippen LogP contribution in [0.2, 0.25) is 0 Å². The van der Waals surface area contributed by atoms with Gasteiger partial charge < -0.3 is 10.6 Å². The van der Waals surface area contributed by atoms with Gasteiger partial charge in [0.05, 0.1) is 0 Å². The number of halogens is 1. The van der Waals surface area contributed by atoms with Gasteiger partial charge in [-0.3, -0.25) is 14.6 Å². The van der Waals surface area contributed by atoms with Gasteiger partial charge in [0.2, 0.25) is 11.8 Å². The summed E-state index contributed by atoms with van der Waals surface area (Å²) in [5.41, 5.74) is 1.49. The van der Waals surface area contributed by atoms with Gasteiger partial charge >= 0.3 is 0 Å². The van der Waals surface area contributed by atoms with E-state index < -0.39 is 0 Å². The lowest BCUT2D eigenvalue weighted by Crippen LogP contribution is -2.37. The lowest BCUT2D eigenvalue weighted by molar-refractivity contribution is -0.130. The molecule has 2 amide bonds. The van der Waals surface area contributed by atoms with Crippen molar-refractivity contribution in [3.8, 4) is 0 Å². The predicted octanol–water partition coefficient (Wildman–Crippen LogP) is 2.96. The lowest BCUT2D eigenvalue weighted by atomic mass is 9.81. The zero-order chi connectivity index (χ0) is 19.1. The van der Waals surface area contributed by atoms with E-state index in [9.17, 15) is 14.0 Å². The Hall–Kier alpha value is -2.76. The number of pyridine rings is 1. The number of hydrogen-bond acceptors (Lipinski definition) is 3. The molecule has 0 spiro atoms. The van der Waals surface area contributed by atoms with Gasteiger partial charge in [0.25, 0.3) is 0 Å². The molecular weight excluding hydrogens is 345 g/mol. The molecule has 142 valence electrons. The van der Waals surface area contributed by atoms with Gasteiger partial charge in [-0.05, 0) is 49.4 Å². The molecule has 1 aliphatic rings. The number of carbonyl (C=O) groups excluding carboxylic acids is 2. The maximum absolute atomic E-state index is 13.6. The van der Waals surface area contributed by atoms with E-state index >= 15 is 0 Å². The summed E-state index contributed by atoms with van der Waals surface area (Å²) in [6.45, 7) is 0.683. The van der Waals surface area contributed by atoms with Gasteiger partial charge in [0.15, 0.2) is 0 Å². The second kappa shape index (κ2) is 9.26. The Labute approximate surface area is 158 Å². The van der Waals surface area contributed by atoms with E-state index in [1.807, 2.05) is 12.1 Å². The molecule has 3 rings (SSSR count). The van der Waals surface area contributed by atoms with E-state index in [1.54, 1.807) is 30.6 Å². The monoisotopic (exact) mass is 369 g/mol. The molecule has 2 aromatic rings. The maximum Gasteiger partial charge on any atom is 0.223 e. The van der Waals surface area contributed by atoms with Crippen molar-refractivity contribution in [1.82, 2.24) is 15.6 Å². The summed E-state index contributed by atoms with van der Waals surface area (Å²) in [6, 6.07) is 10.2. The third-order valence-corrected chi connectivity index (χ3v) is 5.10. The smallest absolute Gasteiger partial charge is 0.223 e. The van der Waals surface area contributed by atoms with Crippen LogP contribution in [-0.4, -0.2) is 16.8 Å².